The molecule has 0 aromatic carbocycles. The number of nitrogens with one attached hydrogen (secondary N) is 3. The number of hydrogen-bond acceptors (Lipinski definition) is 6. The Morgan fingerprint density at radius 2 is 1.35 bits per heavy atom. The van der Waals surface area contributed by atoms with E-state index in [4.69, 9.17) is 10.8 Å². The Balaban J connectivity index is 4.82. The minimum Gasteiger partial charge on any atom is -0.480 e. The molecule has 0 aliphatic carbocycles. The van der Waals surface area contributed by atoms with E-state index in [1.165, 1.54) is 20.8 Å². The second-order valence-corrected chi connectivity index (χ2v) is 6.76. The molecule has 0 bridgehead atoms. The van der Waals surface area contributed by atoms with Crippen molar-refractivity contribution in [1.82, 2.24) is 16.0 Å². The molecule has 0 saturated heterocycles. The van der Waals surface area contributed by atoms with Crippen LogP contribution >= 0.6 is 0 Å². The highest BCUT2D eigenvalue weighted by molar-refractivity contribution is 5.94. The van der Waals surface area contributed by atoms with Crippen molar-refractivity contribution in [2.75, 3.05) is 0 Å². The molecule has 5 atom stereocenters. The van der Waals surface area contributed by atoms with E-state index in [1.807, 2.05) is 13.8 Å². The number of amides is 3. The summed E-state index contributed by atoms with van der Waals surface area (Å²) < 4.78 is 0. The van der Waals surface area contributed by atoms with Crippen LogP contribution < -0.4 is 21.7 Å². The Kier molecular flexibility index (Phi) is 9.81. The van der Waals surface area contributed by atoms with Crippen molar-refractivity contribution in [2.45, 2.75) is 71.3 Å². The number of carboxylic acids is 1. The highest BCUT2D eigenvalue weighted by atomic mass is 16.4. The smallest absolute Gasteiger partial charge is 0.325 e. The van der Waals surface area contributed by atoms with Crippen molar-refractivity contribution in [3.05, 3.63) is 0 Å². The molecular weight excluding hydrogens is 344 g/mol. The summed E-state index contributed by atoms with van der Waals surface area (Å²) in [5.41, 5.74) is 5.74. The predicted molar refractivity (Wildman–Crippen MR) is 93.9 cm³/mol. The molecular formula is C16H30N4O6. The van der Waals surface area contributed by atoms with Crippen molar-refractivity contribution < 1.29 is 29.4 Å². The average Bonchev–Trinajstić information content (AvgIpc) is 2.50. The van der Waals surface area contributed by atoms with E-state index in [0.717, 1.165) is 0 Å². The van der Waals surface area contributed by atoms with E-state index < -0.39 is 54.0 Å². The second-order valence-electron chi connectivity index (χ2n) is 6.76. The number of aliphatic hydroxyl groups is 1. The topological polar surface area (TPSA) is 171 Å². The van der Waals surface area contributed by atoms with E-state index in [1.54, 1.807) is 0 Å². The minimum atomic E-state index is -1.37. The standard InChI is InChI=1S/C16H30N4O6/c1-7(2)6-11(17)14(23)18-8(3)13(22)20-12(10(5)21)15(24)19-9(4)16(25)26/h7-12,21H,6,17H2,1-5H3,(H,18,23)(H,19,24)(H,20,22)(H,25,26). The van der Waals surface area contributed by atoms with Crippen LogP contribution in [0.4, 0.5) is 0 Å². The van der Waals surface area contributed by atoms with Gasteiger partial charge in [-0.15, -0.1) is 0 Å². The molecule has 26 heavy (non-hydrogen) atoms. The van der Waals surface area contributed by atoms with Crippen LogP contribution in [-0.2, 0) is 19.2 Å². The first kappa shape index (κ1) is 23.8. The number of hydrogen-bond donors (Lipinski definition) is 6. The van der Waals surface area contributed by atoms with Crippen LogP contribution in [0.1, 0.15) is 41.0 Å². The van der Waals surface area contributed by atoms with Gasteiger partial charge in [0.25, 0.3) is 0 Å². The molecule has 0 aromatic heterocycles. The fraction of sp³-hybridized carbons (Fsp3) is 0.750. The molecule has 10 nitrogen and oxygen atoms in total. The van der Waals surface area contributed by atoms with Gasteiger partial charge < -0.3 is 31.9 Å². The minimum absolute atomic E-state index is 0.208. The van der Waals surface area contributed by atoms with Crippen LogP contribution in [0, 0.1) is 5.92 Å². The monoisotopic (exact) mass is 374 g/mol. The molecule has 7 N–H and O–H groups in total. The summed E-state index contributed by atoms with van der Waals surface area (Å²) >= 11 is 0. The first-order valence-corrected chi connectivity index (χ1v) is 8.44. The molecule has 0 spiro atoms. The van der Waals surface area contributed by atoms with Gasteiger partial charge in [-0.2, -0.15) is 0 Å². The fourth-order valence-corrected chi connectivity index (χ4v) is 2.05. The summed E-state index contributed by atoms with van der Waals surface area (Å²) in [7, 11) is 0. The summed E-state index contributed by atoms with van der Waals surface area (Å²) in [5.74, 6) is -3.11. The highest BCUT2D eigenvalue weighted by Gasteiger charge is 2.30. The summed E-state index contributed by atoms with van der Waals surface area (Å²) in [6.45, 7) is 7.75. The summed E-state index contributed by atoms with van der Waals surface area (Å²) in [6, 6.07) is -4.32. The Bertz CT molecular complexity index is 523. The summed E-state index contributed by atoms with van der Waals surface area (Å²) in [4.78, 5) is 47.0. The summed E-state index contributed by atoms with van der Waals surface area (Å²) in [6.07, 6.45) is -0.822. The molecule has 0 aromatic rings. The third kappa shape index (κ3) is 8.26. The van der Waals surface area contributed by atoms with Gasteiger partial charge in [0.1, 0.15) is 18.1 Å². The Labute approximate surface area is 152 Å². The number of rotatable bonds is 10. The van der Waals surface area contributed by atoms with E-state index in [-0.39, 0.29) is 5.92 Å². The molecule has 150 valence electrons. The van der Waals surface area contributed by atoms with Gasteiger partial charge in [-0.3, -0.25) is 19.2 Å². The van der Waals surface area contributed by atoms with Gasteiger partial charge in [0.05, 0.1) is 12.1 Å². The lowest BCUT2D eigenvalue weighted by Gasteiger charge is -2.24. The maximum Gasteiger partial charge on any atom is 0.325 e. The molecule has 0 aliphatic heterocycles. The first-order chi connectivity index (χ1) is 11.9. The molecule has 0 fully saturated rings. The van der Waals surface area contributed by atoms with Gasteiger partial charge in [-0.1, -0.05) is 13.8 Å². The lowest BCUT2D eigenvalue weighted by atomic mass is 10.0. The largest absolute Gasteiger partial charge is 0.480 e. The predicted octanol–water partition coefficient (Wildman–Crippen LogP) is -1.68. The van der Waals surface area contributed by atoms with Crippen molar-refractivity contribution in [2.24, 2.45) is 11.7 Å². The number of aliphatic hydroxyl groups excluding tert-OH is 1. The zero-order valence-electron chi connectivity index (χ0n) is 15.8. The Morgan fingerprint density at radius 3 is 1.77 bits per heavy atom. The quantitative estimate of drug-likeness (QED) is 0.265. The molecule has 0 saturated carbocycles. The van der Waals surface area contributed by atoms with Crippen LogP contribution in [0.2, 0.25) is 0 Å². The average molecular weight is 374 g/mol. The van der Waals surface area contributed by atoms with Gasteiger partial charge in [0.15, 0.2) is 0 Å². The van der Waals surface area contributed by atoms with Crippen molar-refractivity contribution in [3.8, 4) is 0 Å². The van der Waals surface area contributed by atoms with Crippen LogP contribution in [-0.4, -0.2) is 64.2 Å². The maximum absolute atomic E-state index is 12.2. The third-order valence-electron chi connectivity index (χ3n) is 3.61. The zero-order valence-corrected chi connectivity index (χ0v) is 15.8. The van der Waals surface area contributed by atoms with Crippen LogP contribution in [0.15, 0.2) is 0 Å². The molecule has 0 heterocycles. The number of carboxylic acid groups (broad SMARTS) is 1. The summed E-state index contributed by atoms with van der Waals surface area (Å²) in [5, 5.41) is 25.4. The van der Waals surface area contributed by atoms with Crippen LogP contribution in [0.3, 0.4) is 0 Å². The van der Waals surface area contributed by atoms with Gasteiger partial charge in [-0.25, -0.2) is 0 Å². The van der Waals surface area contributed by atoms with Crippen LogP contribution in [0.25, 0.3) is 0 Å². The lowest BCUT2D eigenvalue weighted by molar-refractivity contribution is -0.142. The van der Waals surface area contributed by atoms with Crippen molar-refractivity contribution >= 4 is 23.7 Å². The van der Waals surface area contributed by atoms with E-state index in [9.17, 15) is 24.3 Å². The third-order valence-corrected chi connectivity index (χ3v) is 3.61. The van der Waals surface area contributed by atoms with Crippen molar-refractivity contribution in [1.29, 1.82) is 0 Å². The number of carbonyl (C=O) groups excluding carboxylic acids is 3. The number of carbonyl (C=O) groups is 4. The van der Waals surface area contributed by atoms with Gasteiger partial charge >= 0.3 is 5.97 Å². The van der Waals surface area contributed by atoms with Gasteiger partial charge in [0.2, 0.25) is 17.7 Å². The normalized spacial score (nSPS) is 16.8. The molecule has 3 amide bonds. The molecule has 10 heteroatoms. The van der Waals surface area contributed by atoms with Crippen LogP contribution in [0.5, 0.6) is 0 Å². The van der Waals surface area contributed by atoms with E-state index in [2.05, 4.69) is 16.0 Å². The molecule has 0 rings (SSSR count). The van der Waals surface area contributed by atoms with Crippen molar-refractivity contribution in [3.63, 3.8) is 0 Å². The Hall–Kier alpha value is -2.20. The fourth-order valence-electron chi connectivity index (χ4n) is 2.05. The lowest BCUT2D eigenvalue weighted by Crippen LogP contribution is -2.59. The molecule has 0 aliphatic rings. The van der Waals surface area contributed by atoms with Gasteiger partial charge in [0, 0.05) is 0 Å². The van der Waals surface area contributed by atoms with E-state index in [0.29, 0.717) is 6.42 Å². The van der Waals surface area contributed by atoms with Gasteiger partial charge in [-0.05, 0) is 33.1 Å². The Morgan fingerprint density at radius 1 is 0.846 bits per heavy atom. The number of aliphatic carboxylic acids is 1. The van der Waals surface area contributed by atoms with E-state index >= 15 is 0 Å². The number of nitrogens with two attached hydrogens (primary N) is 1. The molecule has 0 radical (unpaired) electrons. The molecule has 5 unspecified atom stereocenters. The maximum atomic E-state index is 12.2. The highest BCUT2D eigenvalue weighted by Crippen LogP contribution is 2.03. The zero-order chi connectivity index (χ0) is 20.6. The SMILES string of the molecule is CC(C)CC(N)C(=O)NC(C)C(=O)NC(C(=O)NC(C)C(=O)O)C(C)O. The second kappa shape index (κ2) is 10.7. The first-order valence-electron chi connectivity index (χ1n) is 8.44.